The summed E-state index contributed by atoms with van der Waals surface area (Å²) in [7, 11) is 0. The number of aromatic nitrogens is 1. The molecular formula is C32H29N3O4. The zero-order chi connectivity index (χ0) is 27.2. The molecule has 2 heterocycles. The van der Waals surface area contributed by atoms with Crippen molar-refractivity contribution in [3.63, 3.8) is 0 Å². The molecule has 0 radical (unpaired) electrons. The highest BCUT2D eigenvalue weighted by atomic mass is 16.5. The van der Waals surface area contributed by atoms with Crippen LogP contribution in [0.5, 0.6) is 5.75 Å². The van der Waals surface area contributed by atoms with Gasteiger partial charge in [0, 0.05) is 6.20 Å². The summed E-state index contributed by atoms with van der Waals surface area (Å²) < 4.78 is 5.59. The number of carboxylic acids is 1. The largest absolute Gasteiger partial charge is 0.478 e. The second kappa shape index (κ2) is 11.6. The molecule has 0 saturated heterocycles. The maximum Gasteiger partial charge on any atom is 0.343 e. The molecule has 7 nitrogen and oxygen atoms in total. The predicted octanol–water partition coefficient (Wildman–Crippen LogP) is 6.84. The number of unbranched alkanes of at least 4 members (excludes halogenated alkanes) is 1. The summed E-state index contributed by atoms with van der Waals surface area (Å²) in [4.78, 5) is 29.3. The van der Waals surface area contributed by atoms with Crippen molar-refractivity contribution in [1.82, 2.24) is 4.98 Å². The van der Waals surface area contributed by atoms with Crippen molar-refractivity contribution in [2.75, 3.05) is 16.6 Å². The van der Waals surface area contributed by atoms with E-state index >= 15 is 0 Å². The van der Waals surface area contributed by atoms with E-state index in [2.05, 4.69) is 16.9 Å². The van der Waals surface area contributed by atoms with Crippen LogP contribution >= 0.6 is 0 Å². The molecule has 0 saturated carbocycles. The van der Waals surface area contributed by atoms with Gasteiger partial charge in [-0.2, -0.15) is 0 Å². The molecule has 0 amide bonds. The van der Waals surface area contributed by atoms with Gasteiger partial charge in [-0.05, 0) is 79.1 Å². The molecule has 5 rings (SSSR count). The summed E-state index contributed by atoms with van der Waals surface area (Å²) in [5.74, 6) is -1.04. The van der Waals surface area contributed by atoms with Gasteiger partial charge in [0.15, 0.2) is 0 Å². The standard InChI is InChI=1S/C32H29N3O4/c1-2-3-11-24-22-34(25-14-8-5-9-15-25)35(30(24)29-28(31(36)37)16-10-21-33-29)26-17-19-27(20-18-26)39-32(38)23-12-6-4-7-13-23/h4-10,12-21H,2-3,11,22H2,1H3,(H,36,37). The third kappa shape index (κ3) is 5.52. The highest BCUT2D eigenvalue weighted by molar-refractivity contribution is 5.98. The molecule has 1 aromatic heterocycles. The van der Waals surface area contributed by atoms with E-state index in [4.69, 9.17) is 4.74 Å². The van der Waals surface area contributed by atoms with E-state index < -0.39 is 11.9 Å². The van der Waals surface area contributed by atoms with E-state index in [0.29, 0.717) is 23.6 Å². The van der Waals surface area contributed by atoms with E-state index in [1.165, 1.54) is 0 Å². The highest BCUT2D eigenvalue weighted by Gasteiger charge is 2.35. The van der Waals surface area contributed by atoms with Crippen molar-refractivity contribution in [1.29, 1.82) is 0 Å². The number of esters is 1. The quantitative estimate of drug-likeness (QED) is 0.191. The van der Waals surface area contributed by atoms with E-state index in [1.54, 1.807) is 54.7 Å². The lowest BCUT2D eigenvalue weighted by Gasteiger charge is -2.34. The first kappa shape index (κ1) is 25.7. The van der Waals surface area contributed by atoms with Gasteiger partial charge in [0.2, 0.25) is 0 Å². The number of aromatic carboxylic acids is 1. The molecule has 1 aliphatic heterocycles. The normalized spacial score (nSPS) is 13.1. The zero-order valence-corrected chi connectivity index (χ0v) is 21.7. The van der Waals surface area contributed by atoms with Crippen LogP contribution in [-0.2, 0) is 0 Å². The van der Waals surface area contributed by atoms with Gasteiger partial charge in [-0.25, -0.2) is 9.59 Å². The van der Waals surface area contributed by atoms with Crippen LogP contribution in [0.15, 0.2) is 109 Å². The van der Waals surface area contributed by atoms with Crippen molar-refractivity contribution >= 4 is 29.0 Å². The Hall–Kier alpha value is -4.91. The number of benzene rings is 3. The Morgan fingerprint density at radius 2 is 1.56 bits per heavy atom. The maximum atomic E-state index is 12.6. The molecule has 0 fully saturated rings. The molecule has 39 heavy (non-hydrogen) atoms. The van der Waals surface area contributed by atoms with Crippen molar-refractivity contribution in [3.8, 4) is 5.75 Å². The lowest BCUT2D eigenvalue weighted by Crippen LogP contribution is -2.37. The number of ether oxygens (including phenoxy) is 1. The van der Waals surface area contributed by atoms with Crippen molar-refractivity contribution in [2.45, 2.75) is 26.2 Å². The molecule has 3 aromatic carbocycles. The van der Waals surface area contributed by atoms with E-state index in [9.17, 15) is 14.7 Å². The van der Waals surface area contributed by atoms with Crippen LogP contribution in [0, 0.1) is 0 Å². The zero-order valence-electron chi connectivity index (χ0n) is 21.7. The third-order valence-corrected chi connectivity index (χ3v) is 6.58. The van der Waals surface area contributed by atoms with Crippen LogP contribution in [-0.4, -0.2) is 28.6 Å². The molecule has 196 valence electrons. The minimum atomic E-state index is -1.03. The van der Waals surface area contributed by atoms with Crippen LogP contribution in [0.3, 0.4) is 0 Å². The summed E-state index contributed by atoms with van der Waals surface area (Å²) in [5.41, 5.74) is 4.68. The average Bonchev–Trinajstić information content (AvgIpc) is 3.36. The lowest BCUT2D eigenvalue weighted by molar-refractivity contribution is 0.0693. The number of carboxylic acid groups (broad SMARTS) is 1. The Morgan fingerprint density at radius 1 is 0.872 bits per heavy atom. The van der Waals surface area contributed by atoms with Crippen molar-refractivity contribution in [2.24, 2.45) is 0 Å². The van der Waals surface area contributed by atoms with Crippen LogP contribution in [0.25, 0.3) is 5.70 Å². The van der Waals surface area contributed by atoms with Gasteiger partial charge in [-0.1, -0.05) is 49.7 Å². The molecule has 1 aliphatic rings. The fourth-order valence-corrected chi connectivity index (χ4v) is 4.69. The summed E-state index contributed by atoms with van der Waals surface area (Å²) in [6, 6.07) is 29.3. The minimum absolute atomic E-state index is 0.148. The highest BCUT2D eigenvalue weighted by Crippen LogP contribution is 2.41. The maximum absolute atomic E-state index is 12.6. The molecule has 7 heteroatoms. The molecule has 0 atom stereocenters. The summed E-state index contributed by atoms with van der Waals surface area (Å²) >= 11 is 0. The number of nitrogens with zero attached hydrogens (tertiary/aromatic N) is 3. The van der Waals surface area contributed by atoms with Crippen molar-refractivity contribution < 1.29 is 19.4 Å². The topological polar surface area (TPSA) is 83.0 Å². The molecule has 0 spiro atoms. The Balaban J connectivity index is 1.57. The molecule has 0 aliphatic carbocycles. The Labute approximate surface area is 227 Å². The first-order valence-electron chi connectivity index (χ1n) is 13.0. The van der Waals surface area contributed by atoms with Gasteiger partial charge in [-0.15, -0.1) is 0 Å². The number of hydrazine groups is 1. The average molecular weight is 520 g/mol. The SMILES string of the molecule is CCCCC1=C(c2ncccc2C(=O)O)N(c2ccc(OC(=O)c3ccccc3)cc2)N(c2ccccc2)C1. The Kier molecular flexibility index (Phi) is 7.68. The first-order valence-corrected chi connectivity index (χ1v) is 13.0. The number of carbonyl (C=O) groups excluding carboxylic acids is 1. The van der Waals surface area contributed by atoms with Gasteiger partial charge in [0.1, 0.15) is 11.4 Å². The van der Waals surface area contributed by atoms with Gasteiger partial charge < -0.3 is 9.84 Å². The van der Waals surface area contributed by atoms with Crippen LogP contribution < -0.4 is 14.8 Å². The fraction of sp³-hybridized carbons (Fsp3) is 0.156. The molecule has 0 unspecified atom stereocenters. The van der Waals surface area contributed by atoms with Gasteiger partial charge in [0.25, 0.3) is 0 Å². The summed E-state index contributed by atoms with van der Waals surface area (Å²) in [6.07, 6.45) is 4.42. The molecule has 1 N–H and O–H groups in total. The van der Waals surface area contributed by atoms with Crippen molar-refractivity contribution in [3.05, 3.63) is 126 Å². The fourth-order valence-electron chi connectivity index (χ4n) is 4.69. The number of rotatable bonds is 9. The number of pyridine rings is 1. The third-order valence-electron chi connectivity index (χ3n) is 6.58. The van der Waals surface area contributed by atoms with E-state index in [-0.39, 0.29) is 5.56 Å². The first-order chi connectivity index (χ1) is 19.1. The van der Waals surface area contributed by atoms with Gasteiger partial charge in [0.05, 0.1) is 34.7 Å². The molecular weight excluding hydrogens is 490 g/mol. The van der Waals surface area contributed by atoms with Crippen LogP contribution in [0.2, 0.25) is 0 Å². The minimum Gasteiger partial charge on any atom is -0.478 e. The Bertz CT molecular complexity index is 1490. The monoisotopic (exact) mass is 519 g/mol. The number of hydrogen-bond acceptors (Lipinski definition) is 6. The van der Waals surface area contributed by atoms with E-state index in [0.717, 1.165) is 41.9 Å². The lowest BCUT2D eigenvalue weighted by atomic mass is 10.0. The molecule has 0 bridgehead atoms. The second-order valence-electron chi connectivity index (χ2n) is 9.21. The van der Waals surface area contributed by atoms with Gasteiger partial charge >= 0.3 is 11.9 Å². The van der Waals surface area contributed by atoms with Crippen LogP contribution in [0.1, 0.15) is 52.6 Å². The summed E-state index contributed by atoms with van der Waals surface area (Å²) in [5, 5.41) is 14.2. The molecule has 4 aromatic rings. The number of carbonyl (C=O) groups is 2. The van der Waals surface area contributed by atoms with E-state index in [1.807, 2.05) is 53.5 Å². The number of hydrogen-bond donors (Lipinski definition) is 1. The number of anilines is 2. The van der Waals surface area contributed by atoms with Crippen LogP contribution in [0.4, 0.5) is 11.4 Å². The smallest absolute Gasteiger partial charge is 0.343 e. The Morgan fingerprint density at radius 3 is 2.23 bits per heavy atom. The number of para-hydroxylation sites is 1. The van der Waals surface area contributed by atoms with Gasteiger partial charge in [-0.3, -0.25) is 15.0 Å². The second-order valence-corrected chi connectivity index (χ2v) is 9.21. The predicted molar refractivity (Wildman–Crippen MR) is 152 cm³/mol. The summed E-state index contributed by atoms with van der Waals surface area (Å²) in [6.45, 7) is 2.74.